The number of amides is 1. The Bertz CT molecular complexity index is 708. The maximum Gasteiger partial charge on any atom is 0.227 e. The normalized spacial score (nSPS) is 17.7. The summed E-state index contributed by atoms with van der Waals surface area (Å²) in [5, 5.41) is 12.9. The summed E-state index contributed by atoms with van der Waals surface area (Å²) < 4.78 is 0. The SMILES string of the molecule is O=C(Cc1ccsc1)N1CCN(c2cc3c(nn2)CCCC3)CC1. The molecule has 1 saturated heterocycles. The van der Waals surface area contributed by atoms with Crippen LogP contribution in [0.15, 0.2) is 22.9 Å². The van der Waals surface area contributed by atoms with Crippen LogP contribution in [0.2, 0.25) is 0 Å². The lowest BCUT2D eigenvalue weighted by atomic mass is 9.97. The molecular weight excluding hydrogens is 320 g/mol. The van der Waals surface area contributed by atoms with E-state index in [1.54, 1.807) is 11.3 Å². The molecule has 0 radical (unpaired) electrons. The number of hydrogen-bond donors (Lipinski definition) is 0. The standard InChI is InChI=1S/C18H22N4OS/c23-18(11-14-5-10-24-13-14)22-8-6-21(7-9-22)17-12-15-3-1-2-4-16(15)19-20-17/h5,10,12-13H,1-4,6-9,11H2. The Morgan fingerprint density at radius 2 is 1.96 bits per heavy atom. The zero-order valence-electron chi connectivity index (χ0n) is 13.8. The molecular formula is C18H22N4OS. The van der Waals surface area contributed by atoms with Crippen molar-refractivity contribution in [3.8, 4) is 0 Å². The van der Waals surface area contributed by atoms with Gasteiger partial charge in [0.25, 0.3) is 0 Å². The van der Waals surface area contributed by atoms with Gasteiger partial charge in [-0.25, -0.2) is 0 Å². The third kappa shape index (κ3) is 3.29. The minimum Gasteiger partial charge on any atom is -0.352 e. The minimum atomic E-state index is 0.226. The highest BCUT2D eigenvalue weighted by Crippen LogP contribution is 2.23. The predicted octanol–water partition coefficient (Wildman–Crippen LogP) is 2.31. The highest BCUT2D eigenvalue weighted by Gasteiger charge is 2.23. The molecule has 0 aromatic carbocycles. The summed E-state index contributed by atoms with van der Waals surface area (Å²) in [6, 6.07) is 4.24. The van der Waals surface area contributed by atoms with Gasteiger partial charge in [0.1, 0.15) is 0 Å². The molecule has 0 bridgehead atoms. The summed E-state index contributed by atoms with van der Waals surface area (Å²) in [7, 11) is 0. The van der Waals surface area contributed by atoms with Crippen LogP contribution in [0.5, 0.6) is 0 Å². The fourth-order valence-corrected chi connectivity index (χ4v) is 4.17. The monoisotopic (exact) mass is 342 g/mol. The molecule has 1 fully saturated rings. The first-order chi connectivity index (χ1) is 11.8. The van der Waals surface area contributed by atoms with Crippen molar-refractivity contribution in [1.29, 1.82) is 0 Å². The van der Waals surface area contributed by atoms with Crippen LogP contribution < -0.4 is 4.90 Å². The van der Waals surface area contributed by atoms with Crippen molar-refractivity contribution in [3.63, 3.8) is 0 Å². The molecule has 1 aliphatic carbocycles. The van der Waals surface area contributed by atoms with Crippen LogP contribution in [0.4, 0.5) is 5.82 Å². The number of rotatable bonds is 3. The summed E-state index contributed by atoms with van der Waals surface area (Å²) in [5.41, 5.74) is 3.66. The molecule has 2 aliphatic rings. The van der Waals surface area contributed by atoms with Gasteiger partial charge in [0.15, 0.2) is 5.82 Å². The molecule has 3 heterocycles. The number of fused-ring (bicyclic) bond motifs is 1. The molecule has 1 aliphatic heterocycles. The van der Waals surface area contributed by atoms with Gasteiger partial charge >= 0.3 is 0 Å². The smallest absolute Gasteiger partial charge is 0.227 e. The number of hydrogen-bond acceptors (Lipinski definition) is 5. The summed E-state index contributed by atoms with van der Waals surface area (Å²) >= 11 is 1.64. The fraction of sp³-hybridized carbons (Fsp3) is 0.500. The minimum absolute atomic E-state index is 0.226. The zero-order valence-corrected chi connectivity index (χ0v) is 14.6. The van der Waals surface area contributed by atoms with Crippen molar-refractivity contribution in [2.24, 2.45) is 0 Å². The Kier molecular flexibility index (Phi) is 4.47. The maximum absolute atomic E-state index is 12.4. The third-order valence-electron chi connectivity index (χ3n) is 4.95. The number of piperazine rings is 1. The Balaban J connectivity index is 1.36. The topological polar surface area (TPSA) is 49.3 Å². The third-order valence-corrected chi connectivity index (χ3v) is 5.68. The molecule has 0 spiro atoms. The van der Waals surface area contributed by atoms with Crippen LogP contribution in [0.25, 0.3) is 0 Å². The van der Waals surface area contributed by atoms with Crippen LogP contribution in [-0.2, 0) is 24.1 Å². The lowest BCUT2D eigenvalue weighted by Crippen LogP contribution is -2.49. The second-order valence-electron chi connectivity index (χ2n) is 6.56. The van der Waals surface area contributed by atoms with Gasteiger partial charge in [-0.3, -0.25) is 4.79 Å². The van der Waals surface area contributed by atoms with Crippen LogP contribution in [0.3, 0.4) is 0 Å². The zero-order chi connectivity index (χ0) is 16.4. The summed E-state index contributed by atoms with van der Waals surface area (Å²) in [5.74, 6) is 1.20. The molecule has 2 aromatic rings. The molecule has 0 saturated carbocycles. The van der Waals surface area contributed by atoms with Crippen molar-refractivity contribution in [1.82, 2.24) is 15.1 Å². The van der Waals surface area contributed by atoms with Gasteiger partial charge in [-0.05, 0) is 59.7 Å². The van der Waals surface area contributed by atoms with Crippen LogP contribution in [0.1, 0.15) is 29.7 Å². The van der Waals surface area contributed by atoms with E-state index >= 15 is 0 Å². The maximum atomic E-state index is 12.4. The van der Waals surface area contributed by atoms with E-state index in [9.17, 15) is 4.79 Å². The lowest BCUT2D eigenvalue weighted by Gasteiger charge is -2.35. The van der Waals surface area contributed by atoms with Crippen molar-refractivity contribution < 1.29 is 4.79 Å². The van der Waals surface area contributed by atoms with E-state index in [2.05, 4.69) is 26.5 Å². The molecule has 0 unspecified atom stereocenters. The number of carbonyl (C=O) groups is 1. The van der Waals surface area contributed by atoms with Crippen LogP contribution in [-0.4, -0.2) is 47.2 Å². The predicted molar refractivity (Wildman–Crippen MR) is 95.5 cm³/mol. The van der Waals surface area contributed by atoms with E-state index in [1.807, 2.05) is 16.3 Å². The van der Waals surface area contributed by atoms with E-state index in [4.69, 9.17) is 0 Å². The number of anilines is 1. The second-order valence-corrected chi connectivity index (χ2v) is 7.34. The number of nitrogens with zero attached hydrogens (tertiary/aromatic N) is 4. The van der Waals surface area contributed by atoms with E-state index < -0.39 is 0 Å². The van der Waals surface area contributed by atoms with Crippen LogP contribution >= 0.6 is 11.3 Å². The largest absolute Gasteiger partial charge is 0.352 e. The number of aromatic nitrogens is 2. The number of carbonyl (C=O) groups excluding carboxylic acids is 1. The van der Waals surface area contributed by atoms with Crippen molar-refractivity contribution in [3.05, 3.63) is 39.7 Å². The molecule has 5 nitrogen and oxygen atoms in total. The molecule has 0 atom stereocenters. The molecule has 0 N–H and O–H groups in total. The molecule has 24 heavy (non-hydrogen) atoms. The van der Waals surface area contributed by atoms with E-state index in [-0.39, 0.29) is 5.91 Å². The van der Waals surface area contributed by atoms with Gasteiger partial charge < -0.3 is 9.80 Å². The van der Waals surface area contributed by atoms with Crippen molar-refractivity contribution >= 4 is 23.1 Å². The summed E-state index contributed by atoms with van der Waals surface area (Å²) in [6.07, 6.45) is 5.18. The Hall–Kier alpha value is -1.95. The number of aryl methyl sites for hydroxylation is 2. The average Bonchev–Trinajstić information content (AvgIpc) is 3.14. The van der Waals surface area contributed by atoms with E-state index in [1.165, 1.54) is 24.1 Å². The quantitative estimate of drug-likeness (QED) is 0.859. The average molecular weight is 342 g/mol. The lowest BCUT2D eigenvalue weighted by molar-refractivity contribution is -0.130. The molecule has 4 rings (SSSR count). The highest BCUT2D eigenvalue weighted by molar-refractivity contribution is 7.08. The Morgan fingerprint density at radius 1 is 1.12 bits per heavy atom. The van der Waals surface area contributed by atoms with Crippen molar-refractivity contribution in [2.45, 2.75) is 32.1 Å². The Morgan fingerprint density at radius 3 is 2.75 bits per heavy atom. The first-order valence-electron chi connectivity index (χ1n) is 8.69. The fourth-order valence-electron chi connectivity index (χ4n) is 3.50. The van der Waals surface area contributed by atoms with Crippen molar-refractivity contribution in [2.75, 3.05) is 31.1 Å². The first-order valence-corrected chi connectivity index (χ1v) is 9.63. The number of thiophene rings is 1. The molecule has 6 heteroatoms. The van der Waals surface area contributed by atoms with Gasteiger partial charge in [-0.15, -0.1) is 5.10 Å². The van der Waals surface area contributed by atoms with Gasteiger partial charge in [-0.2, -0.15) is 16.4 Å². The van der Waals surface area contributed by atoms with Gasteiger partial charge in [0.2, 0.25) is 5.91 Å². The van der Waals surface area contributed by atoms with Crippen LogP contribution in [0, 0.1) is 0 Å². The Labute approximate surface area is 146 Å². The summed E-state index contributed by atoms with van der Waals surface area (Å²) in [6.45, 7) is 3.20. The molecule has 2 aromatic heterocycles. The van der Waals surface area contributed by atoms with Gasteiger partial charge in [0, 0.05) is 26.2 Å². The van der Waals surface area contributed by atoms with Gasteiger partial charge in [-0.1, -0.05) is 0 Å². The highest BCUT2D eigenvalue weighted by atomic mass is 32.1. The first kappa shape index (κ1) is 15.6. The van der Waals surface area contributed by atoms with E-state index in [0.29, 0.717) is 6.42 Å². The molecule has 126 valence electrons. The molecule has 1 amide bonds. The summed E-state index contributed by atoms with van der Waals surface area (Å²) in [4.78, 5) is 16.6. The van der Waals surface area contributed by atoms with Gasteiger partial charge in [0.05, 0.1) is 12.1 Å². The second kappa shape index (κ2) is 6.89. The van der Waals surface area contributed by atoms with E-state index in [0.717, 1.165) is 50.4 Å².